The van der Waals surface area contributed by atoms with Gasteiger partial charge in [0.1, 0.15) is 0 Å². The normalized spacial score (nSPS) is 21.4. The maximum absolute atomic E-state index is 11.9. The highest BCUT2D eigenvalue weighted by molar-refractivity contribution is 14.1. The first kappa shape index (κ1) is 12.5. The van der Waals surface area contributed by atoms with Crippen LogP contribution in [0.4, 0.5) is 13.2 Å². The lowest BCUT2D eigenvalue weighted by Crippen LogP contribution is -2.32. The molecule has 14 heavy (non-hydrogen) atoms. The van der Waals surface area contributed by atoms with Crippen molar-refractivity contribution in [2.75, 3.05) is 11.0 Å². The predicted octanol–water partition coefficient (Wildman–Crippen LogP) is 3.70. The van der Waals surface area contributed by atoms with E-state index in [0.717, 1.165) is 30.1 Å². The molecule has 0 N–H and O–H groups in total. The van der Waals surface area contributed by atoms with Crippen LogP contribution in [0.1, 0.15) is 32.1 Å². The standard InChI is InChI=1S/C9H14F3IO/c10-9(11,12)5-6-14-8(7-13)3-1-2-4-8/h1-7H2. The molecule has 1 rings (SSSR count). The Bertz CT molecular complexity index is 175. The zero-order valence-corrected chi connectivity index (χ0v) is 10.0. The van der Waals surface area contributed by atoms with E-state index in [-0.39, 0.29) is 12.2 Å². The first-order valence-electron chi connectivity index (χ1n) is 4.74. The molecule has 0 heterocycles. The molecule has 0 aromatic rings. The molecule has 0 unspecified atom stereocenters. The van der Waals surface area contributed by atoms with Crippen LogP contribution in [0.3, 0.4) is 0 Å². The topological polar surface area (TPSA) is 9.23 Å². The van der Waals surface area contributed by atoms with Crippen LogP contribution in [0.25, 0.3) is 0 Å². The van der Waals surface area contributed by atoms with Gasteiger partial charge in [-0.3, -0.25) is 0 Å². The third-order valence-electron chi connectivity index (χ3n) is 2.55. The zero-order valence-electron chi connectivity index (χ0n) is 7.87. The fourth-order valence-corrected chi connectivity index (χ4v) is 2.70. The third kappa shape index (κ3) is 3.92. The molecule has 0 saturated heterocycles. The molecule has 0 radical (unpaired) electrons. The lowest BCUT2D eigenvalue weighted by molar-refractivity contribution is -0.155. The van der Waals surface area contributed by atoms with Crippen LogP contribution in [0.15, 0.2) is 0 Å². The number of rotatable bonds is 4. The summed E-state index contributed by atoms with van der Waals surface area (Å²) in [5.41, 5.74) is -0.258. The Hall–Kier alpha value is 0.480. The van der Waals surface area contributed by atoms with Gasteiger partial charge in [-0.1, -0.05) is 35.4 Å². The van der Waals surface area contributed by atoms with E-state index >= 15 is 0 Å². The molecule has 1 saturated carbocycles. The van der Waals surface area contributed by atoms with Gasteiger partial charge >= 0.3 is 6.18 Å². The second kappa shape index (κ2) is 5.01. The number of hydrogen-bond donors (Lipinski definition) is 0. The molecule has 0 bridgehead atoms. The van der Waals surface area contributed by atoms with Gasteiger partial charge in [0, 0.05) is 4.43 Å². The Balaban J connectivity index is 2.28. The molecule has 0 aromatic heterocycles. The highest BCUT2D eigenvalue weighted by atomic mass is 127. The fourth-order valence-electron chi connectivity index (χ4n) is 1.72. The maximum Gasteiger partial charge on any atom is 0.391 e. The Morgan fingerprint density at radius 2 is 1.79 bits per heavy atom. The van der Waals surface area contributed by atoms with Crippen LogP contribution in [-0.4, -0.2) is 22.8 Å². The molecule has 84 valence electrons. The molecule has 1 nitrogen and oxygen atoms in total. The van der Waals surface area contributed by atoms with E-state index in [0.29, 0.717) is 0 Å². The smallest absolute Gasteiger partial charge is 0.374 e. The van der Waals surface area contributed by atoms with Crippen molar-refractivity contribution in [2.45, 2.75) is 43.9 Å². The van der Waals surface area contributed by atoms with Gasteiger partial charge in [0.15, 0.2) is 0 Å². The fraction of sp³-hybridized carbons (Fsp3) is 1.00. The Morgan fingerprint density at radius 1 is 1.21 bits per heavy atom. The van der Waals surface area contributed by atoms with Crippen molar-refractivity contribution in [1.82, 2.24) is 0 Å². The van der Waals surface area contributed by atoms with Gasteiger partial charge in [-0.05, 0) is 12.8 Å². The van der Waals surface area contributed by atoms with Crippen LogP contribution in [0, 0.1) is 0 Å². The minimum absolute atomic E-state index is 0.188. The quantitative estimate of drug-likeness (QED) is 0.566. The summed E-state index contributed by atoms with van der Waals surface area (Å²) >= 11 is 2.20. The monoisotopic (exact) mass is 322 g/mol. The predicted molar refractivity (Wildman–Crippen MR) is 56.7 cm³/mol. The Morgan fingerprint density at radius 3 is 2.21 bits per heavy atom. The molecule has 5 heteroatoms. The van der Waals surface area contributed by atoms with Gasteiger partial charge in [-0.2, -0.15) is 13.2 Å². The van der Waals surface area contributed by atoms with E-state index < -0.39 is 12.6 Å². The SMILES string of the molecule is FC(F)(F)CCOC1(CI)CCCC1. The second-order valence-corrected chi connectivity index (χ2v) is 4.50. The van der Waals surface area contributed by atoms with Gasteiger partial charge < -0.3 is 4.74 Å². The lowest BCUT2D eigenvalue weighted by Gasteiger charge is -2.27. The molecule has 0 aromatic carbocycles. The summed E-state index contributed by atoms with van der Waals surface area (Å²) in [5, 5.41) is 0. The highest BCUT2D eigenvalue weighted by Crippen LogP contribution is 2.35. The second-order valence-electron chi connectivity index (χ2n) is 3.74. The van der Waals surface area contributed by atoms with Crippen LogP contribution in [0.5, 0.6) is 0 Å². The van der Waals surface area contributed by atoms with Crippen molar-refractivity contribution in [3.63, 3.8) is 0 Å². The zero-order chi connectivity index (χ0) is 10.7. The summed E-state index contributed by atoms with van der Waals surface area (Å²) in [4.78, 5) is 0. The van der Waals surface area contributed by atoms with E-state index in [1.807, 2.05) is 0 Å². The molecule has 0 aliphatic heterocycles. The first-order valence-corrected chi connectivity index (χ1v) is 6.27. The number of hydrogen-bond acceptors (Lipinski definition) is 1. The van der Waals surface area contributed by atoms with E-state index in [1.54, 1.807) is 0 Å². The average Bonchev–Trinajstić information content (AvgIpc) is 2.52. The molecule has 1 aliphatic carbocycles. The van der Waals surface area contributed by atoms with Crippen molar-refractivity contribution >= 4 is 22.6 Å². The van der Waals surface area contributed by atoms with Crippen molar-refractivity contribution in [2.24, 2.45) is 0 Å². The number of halogens is 4. The minimum Gasteiger partial charge on any atom is -0.374 e. The van der Waals surface area contributed by atoms with Gasteiger partial charge in [-0.25, -0.2) is 0 Å². The van der Waals surface area contributed by atoms with Gasteiger partial charge in [0.05, 0.1) is 18.6 Å². The van der Waals surface area contributed by atoms with Crippen LogP contribution < -0.4 is 0 Å². The highest BCUT2D eigenvalue weighted by Gasteiger charge is 2.35. The summed E-state index contributed by atoms with van der Waals surface area (Å²) < 4.78 is 41.8. The van der Waals surface area contributed by atoms with E-state index in [2.05, 4.69) is 22.6 Å². The Labute approximate surface area is 95.5 Å². The Kier molecular flexibility index (Phi) is 4.49. The number of ether oxygens (including phenoxy) is 1. The van der Waals surface area contributed by atoms with Crippen LogP contribution in [-0.2, 0) is 4.74 Å². The summed E-state index contributed by atoms with van der Waals surface area (Å²) in [5.74, 6) is 0. The van der Waals surface area contributed by atoms with Crippen LogP contribution in [0.2, 0.25) is 0 Å². The summed E-state index contributed by atoms with van der Waals surface area (Å²) in [7, 11) is 0. The average molecular weight is 322 g/mol. The molecular formula is C9H14F3IO. The summed E-state index contributed by atoms with van der Waals surface area (Å²) in [6.45, 7) is -0.188. The third-order valence-corrected chi connectivity index (χ3v) is 3.94. The molecule has 1 aliphatic rings. The van der Waals surface area contributed by atoms with E-state index in [9.17, 15) is 13.2 Å². The van der Waals surface area contributed by atoms with Crippen molar-refractivity contribution in [1.29, 1.82) is 0 Å². The summed E-state index contributed by atoms with van der Waals surface area (Å²) in [6, 6.07) is 0. The van der Waals surface area contributed by atoms with E-state index in [4.69, 9.17) is 4.74 Å². The van der Waals surface area contributed by atoms with Crippen molar-refractivity contribution < 1.29 is 17.9 Å². The molecule has 0 atom stereocenters. The first-order chi connectivity index (χ1) is 6.47. The van der Waals surface area contributed by atoms with Crippen LogP contribution >= 0.6 is 22.6 Å². The molecular weight excluding hydrogens is 308 g/mol. The largest absolute Gasteiger partial charge is 0.391 e. The van der Waals surface area contributed by atoms with Crippen molar-refractivity contribution in [3.05, 3.63) is 0 Å². The molecule has 0 amide bonds. The minimum atomic E-state index is -4.09. The summed E-state index contributed by atoms with van der Waals surface area (Å²) in [6.07, 6.45) is -0.942. The molecule has 1 fully saturated rings. The maximum atomic E-state index is 11.9. The van der Waals surface area contributed by atoms with Crippen molar-refractivity contribution in [3.8, 4) is 0 Å². The number of alkyl halides is 4. The molecule has 0 spiro atoms. The van der Waals surface area contributed by atoms with E-state index in [1.165, 1.54) is 0 Å². The van der Waals surface area contributed by atoms with Gasteiger partial charge in [-0.15, -0.1) is 0 Å². The lowest BCUT2D eigenvalue weighted by atomic mass is 10.1. The van der Waals surface area contributed by atoms with Gasteiger partial charge in [0.2, 0.25) is 0 Å². The van der Waals surface area contributed by atoms with Gasteiger partial charge in [0.25, 0.3) is 0 Å².